The van der Waals surface area contributed by atoms with Gasteiger partial charge in [-0.3, -0.25) is 4.79 Å². The van der Waals surface area contributed by atoms with Crippen LogP contribution >= 0.6 is 0 Å². The molecule has 0 unspecified atom stereocenters. The molecule has 1 aliphatic heterocycles. The molecule has 0 atom stereocenters. The Balaban J connectivity index is 1.76. The number of fused-ring (bicyclic) bond motifs is 3. The van der Waals surface area contributed by atoms with Crippen molar-refractivity contribution in [1.82, 2.24) is 14.5 Å². The van der Waals surface area contributed by atoms with Crippen molar-refractivity contribution in [3.63, 3.8) is 0 Å². The topological polar surface area (TPSA) is 64.2 Å². The van der Waals surface area contributed by atoms with Gasteiger partial charge in [-0.25, -0.2) is 4.98 Å². The molecule has 1 saturated heterocycles. The Morgan fingerprint density at radius 2 is 1.83 bits per heavy atom. The molecule has 3 aromatic rings. The maximum atomic E-state index is 11.5. The second kappa shape index (κ2) is 6.24. The van der Waals surface area contributed by atoms with Crippen LogP contribution in [0.3, 0.4) is 0 Å². The lowest BCUT2D eigenvalue weighted by molar-refractivity contribution is 0.0996. The smallest absolute Gasteiger partial charge is 0.267 e. The molecule has 24 heavy (non-hydrogen) atoms. The van der Waals surface area contributed by atoms with E-state index in [-0.39, 0.29) is 0 Å². The van der Waals surface area contributed by atoms with Crippen molar-refractivity contribution in [2.75, 3.05) is 19.6 Å². The SMILES string of the molecule is NC(=O)c1cc2c3ccccc3n(CCN3CCCCC3)c2cn1. The van der Waals surface area contributed by atoms with Crippen LogP contribution in [0.4, 0.5) is 0 Å². The number of hydrogen-bond acceptors (Lipinski definition) is 3. The molecule has 124 valence electrons. The van der Waals surface area contributed by atoms with E-state index in [1.54, 1.807) is 6.20 Å². The quantitative estimate of drug-likeness (QED) is 0.803. The van der Waals surface area contributed by atoms with E-state index in [4.69, 9.17) is 5.73 Å². The predicted octanol–water partition coefficient (Wildman–Crippen LogP) is 2.77. The summed E-state index contributed by atoms with van der Waals surface area (Å²) in [4.78, 5) is 18.3. The fraction of sp³-hybridized carbons (Fsp3) is 0.368. The van der Waals surface area contributed by atoms with Crippen molar-refractivity contribution in [2.24, 2.45) is 5.73 Å². The highest BCUT2D eigenvalue weighted by Crippen LogP contribution is 2.29. The Bertz CT molecular complexity index is 893. The molecule has 1 aromatic carbocycles. The van der Waals surface area contributed by atoms with Crippen LogP contribution in [0.2, 0.25) is 0 Å². The summed E-state index contributed by atoms with van der Waals surface area (Å²) in [6.45, 7) is 4.37. The van der Waals surface area contributed by atoms with Gasteiger partial charge in [0.15, 0.2) is 0 Å². The fourth-order valence-electron chi connectivity index (χ4n) is 3.75. The third kappa shape index (κ3) is 2.65. The molecule has 1 fully saturated rings. The summed E-state index contributed by atoms with van der Waals surface area (Å²) in [6.07, 6.45) is 5.74. The molecular weight excluding hydrogens is 300 g/mol. The zero-order valence-electron chi connectivity index (χ0n) is 13.7. The van der Waals surface area contributed by atoms with Crippen molar-refractivity contribution in [1.29, 1.82) is 0 Å². The molecule has 3 heterocycles. The van der Waals surface area contributed by atoms with Gasteiger partial charge in [0.25, 0.3) is 5.91 Å². The molecule has 0 spiro atoms. The van der Waals surface area contributed by atoms with Crippen LogP contribution in [-0.2, 0) is 6.54 Å². The summed E-state index contributed by atoms with van der Waals surface area (Å²) in [6, 6.07) is 10.1. The van der Waals surface area contributed by atoms with E-state index >= 15 is 0 Å². The van der Waals surface area contributed by atoms with Gasteiger partial charge in [-0.1, -0.05) is 24.6 Å². The number of rotatable bonds is 4. The molecule has 5 heteroatoms. The summed E-state index contributed by atoms with van der Waals surface area (Å²) >= 11 is 0. The summed E-state index contributed by atoms with van der Waals surface area (Å²) in [5.41, 5.74) is 7.97. The highest BCUT2D eigenvalue weighted by molar-refractivity contribution is 6.09. The number of carbonyl (C=O) groups excluding carboxylic acids is 1. The normalized spacial score (nSPS) is 16.0. The summed E-state index contributed by atoms with van der Waals surface area (Å²) in [5.74, 6) is -0.484. The molecule has 0 saturated carbocycles. The Kier molecular flexibility index (Phi) is 3.94. The van der Waals surface area contributed by atoms with E-state index in [2.05, 4.69) is 32.7 Å². The third-order valence-electron chi connectivity index (χ3n) is 5.00. The summed E-state index contributed by atoms with van der Waals surface area (Å²) in [5, 5.41) is 2.20. The first-order valence-electron chi connectivity index (χ1n) is 8.63. The van der Waals surface area contributed by atoms with Crippen molar-refractivity contribution >= 4 is 27.7 Å². The van der Waals surface area contributed by atoms with Crippen LogP contribution in [0.5, 0.6) is 0 Å². The zero-order chi connectivity index (χ0) is 16.5. The van der Waals surface area contributed by atoms with Crippen LogP contribution in [0, 0.1) is 0 Å². The van der Waals surface area contributed by atoms with Gasteiger partial charge in [-0.15, -0.1) is 0 Å². The molecule has 0 bridgehead atoms. The zero-order valence-corrected chi connectivity index (χ0v) is 13.7. The predicted molar refractivity (Wildman–Crippen MR) is 96.0 cm³/mol. The second-order valence-electron chi connectivity index (χ2n) is 6.52. The van der Waals surface area contributed by atoms with Gasteiger partial charge in [-0.05, 0) is 38.1 Å². The second-order valence-corrected chi connectivity index (χ2v) is 6.52. The standard InChI is InChI=1S/C19H22N4O/c20-19(24)16-12-15-14-6-2-3-7-17(14)23(18(15)13-21-16)11-10-22-8-4-1-5-9-22/h2-3,6-7,12-13H,1,4-5,8-11H2,(H2,20,24). The van der Waals surface area contributed by atoms with Crippen LogP contribution in [-0.4, -0.2) is 40.0 Å². The number of hydrogen-bond donors (Lipinski definition) is 1. The lowest BCUT2D eigenvalue weighted by Crippen LogP contribution is -2.32. The van der Waals surface area contributed by atoms with E-state index in [1.165, 1.54) is 37.9 Å². The first-order valence-corrected chi connectivity index (χ1v) is 8.63. The maximum Gasteiger partial charge on any atom is 0.267 e. The number of benzene rings is 1. The number of pyridine rings is 1. The van der Waals surface area contributed by atoms with Crippen molar-refractivity contribution in [3.05, 3.63) is 42.2 Å². The minimum Gasteiger partial charge on any atom is -0.364 e. The van der Waals surface area contributed by atoms with E-state index in [9.17, 15) is 4.79 Å². The minimum absolute atomic E-state index is 0.321. The van der Waals surface area contributed by atoms with Gasteiger partial charge >= 0.3 is 0 Å². The van der Waals surface area contributed by atoms with Gasteiger partial charge in [0.2, 0.25) is 0 Å². The van der Waals surface area contributed by atoms with Gasteiger partial charge in [0.05, 0.1) is 11.7 Å². The fourth-order valence-corrected chi connectivity index (χ4v) is 3.75. The molecule has 0 radical (unpaired) electrons. The number of nitrogens with two attached hydrogens (primary N) is 1. The molecule has 1 amide bonds. The largest absolute Gasteiger partial charge is 0.364 e. The molecule has 2 N–H and O–H groups in total. The van der Waals surface area contributed by atoms with Gasteiger partial charge < -0.3 is 15.2 Å². The first-order chi connectivity index (χ1) is 11.7. The van der Waals surface area contributed by atoms with Gasteiger partial charge in [0, 0.05) is 29.4 Å². The number of para-hydroxylation sites is 1. The van der Waals surface area contributed by atoms with Gasteiger partial charge in [-0.2, -0.15) is 0 Å². The molecule has 5 nitrogen and oxygen atoms in total. The van der Waals surface area contributed by atoms with Crippen LogP contribution in [0.25, 0.3) is 21.8 Å². The number of primary amides is 1. The van der Waals surface area contributed by atoms with E-state index in [1.807, 2.05) is 12.1 Å². The van der Waals surface area contributed by atoms with Crippen molar-refractivity contribution < 1.29 is 4.79 Å². The third-order valence-corrected chi connectivity index (χ3v) is 5.00. The van der Waals surface area contributed by atoms with Gasteiger partial charge in [0.1, 0.15) is 5.69 Å². The Labute approximate surface area is 141 Å². The molecule has 4 rings (SSSR count). The first kappa shape index (κ1) is 15.1. The van der Waals surface area contributed by atoms with E-state index in [0.29, 0.717) is 5.69 Å². The van der Waals surface area contributed by atoms with Crippen LogP contribution in [0.1, 0.15) is 29.8 Å². The lowest BCUT2D eigenvalue weighted by Gasteiger charge is -2.26. The maximum absolute atomic E-state index is 11.5. The molecule has 1 aliphatic rings. The number of nitrogens with zero attached hydrogens (tertiary/aromatic N) is 3. The Hall–Kier alpha value is -2.40. The van der Waals surface area contributed by atoms with Crippen molar-refractivity contribution in [2.45, 2.75) is 25.8 Å². The minimum atomic E-state index is -0.484. The average molecular weight is 322 g/mol. The molecule has 2 aromatic heterocycles. The Morgan fingerprint density at radius 1 is 1.04 bits per heavy atom. The highest BCUT2D eigenvalue weighted by atomic mass is 16.1. The molecule has 0 aliphatic carbocycles. The van der Waals surface area contributed by atoms with Crippen LogP contribution < -0.4 is 5.73 Å². The number of likely N-dealkylation sites (tertiary alicyclic amines) is 1. The summed E-state index contributed by atoms with van der Waals surface area (Å²) in [7, 11) is 0. The van der Waals surface area contributed by atoms with E-state index < -0.39 is 5.91 Å². The molecular formula is C19H22N4O. The number of piperidine rings is 1. The van der Waals surface area contributed by atoms with E-state index in [0.717, 1.165) is 29.4 Å². The Morgan fingerprint density at radius 3 is 2.62 bits per heavy atom. The number of amides is 1. The van der Waals surface area contributed by atoms with Crippen LogP contribution in [0.15, 0.2) is 36.5 Å². The lowest BCUT2D eigenvalue weighted by atomic mass is 10.1. The highest BCUT2D eigenvalue weighted by Gasteiger charge is 2.15. The monoisotopic (exact) mass is 322 g/mol. The number of carbonyl (C=O) groups is 1. The average Bonchev–Trinajstić information content (AvgIpc) is 2.94. The number of aromatic nitrogens is 2. The summed E-state index contributed by atoms with van der Waals surface area (Å²) < 4.78 is 2.32. The van der Waals surface area contributed by atoms with Crippen molar-refractivity contribution in [3.8, 4) is 0 Å².